The molecule has 1 unspecified atom stereocenters. The summed E-state index contributed by atoms with van der Waals surface area (Å²) in [6, 6.07) is 8.60. The Bertz CT molecular complexity index is 639. The molecule has 1 aromatic carbocycles. The Morgan fingerprint density at radius 2 is 2.00 bits per heavy atom. The molecule has 1 N–H and O–H groups in total. The third-order valence-electron chi connectivity index (χ3n) is 5.09. The minimum Gasteiger partial charge on any atom is -0.368 e. The molecule has 2 saturated heterocycles. The first-order valence-electron chi connectivity index (χ1n) is 9.59. The van der Waals surface area contributed by atoms with Gasteiger partial charge >= 0.3 is 0 Å². The second-order valence-electron chi connectivity index (χ2n) is 7.03. The third-order valence-corrected chi connectivity index (χ3v) is 5.09. The molecule has 27 heavy (non-hydrogen) atoms. The van der Waals surface area contributed by atoms with E-state index in [0.717, 1.165) is 57.9 Å². The van der Waals surface area contributed by atoms with Gasteiger partial charge in [0.25, 0.3) is 5.91 Å². The van der Waals surface area contributed by atoms with Crippen LogP contribution in [0.4, 0.5) is 0 Å². The van der Waals surface area contributed by atoms with E-state index in [1.54, 1.807) is 0 Å². The first kappa shape index (κ1) is 21.9. The van der Waals surface area contributed by atoms with E-state index >= 15 is 0 Å². The van der Waals surface area contributed by atoms with Crippen LogP contribution < -0.4 is 5.32 Å². The predicted octanol–water partition coefficient (Wildman–Crippen LogP) is 2.05. The summed E-state index contributed by atoms with van der Waals surface area (Å²) in [5.41, 5.74) is 2.62. The number of carbonyl (C=O) groups is 1. The molecule has 0 aliphatic carbocycles. The van der Waals surface area contributed by atoms with Crippen molar-refractivity contribution in [3.8, 4) is 0 Å². The Kier molecular flexibility index (Phi) is 8.82. The summed E-state index contributed by atoms with van der Waals surface area (Å²) in [4.78, 5) is 21.0. The fourth-order valence-electron chi connectivity index (χ4n) is 3.63. The first-order chi connectivity index (χ1) is 12.7. The van der Waals surface area contributed by atoms with Gasteiger partial charge in [0.2, 0.25) is 0 Å². The largest absolute Gasteiger partial charge is 0.368 e. The van der Waals surface area contributed by atoms with Gasteiger partial charge in [-0.2, -0.15) is 0 Å². The molecule has 2 aliphatic heterocycles. The normalized spacial score (nSPS) is 20.4. The monoisotopic (exact) mass is 486 g/mol. The standard InChI is InChI=1S/C20H30N4O2.HI/c1-16-5-3-6-17(15-16)8-9-22-20(21-2)24-12-10-23(11-13-24)19(25)18-7-4-14-26-18;/h3,5-6,15,18H,4,7-14H2,1-2H3,(H,21,22);1H. The highest BCUT2D eigenvalue weighted by Crippen LogP contribution is 2.16. The number of carbonyl (C=O) groups excluding carboxylic acids is 1. The number of rotatable bonds is 4. The van der Waals surface area contributed by atoms with Crippen LogP contribution in [0.5, 0.6) is 0 Å². The van der Waals surface area contributed by atoms with Gasteiger partial charge in [-0.25, -0.2) is 0 Å². The molecule has 1 amide bonds. The maximum absolute atomic E-state index is 12.4. The van der Waals surface area contributed by atoms with Gasteiger partial charge in [-0.05, 0) is 31.7 Å². The van der Waals surface area contributed by atoms with Crippen molar-refractivity contribution in [2.24, 2.45) is 4.99 Å². The molecule has 1 aromatic rings. The van der Waals surface area contributed by atoms with E-state index in [1.807, 2.05) is 11.9 Å². The number of aliphatic imine (C=N–C) groups is 1. The minimum atomic E-state index is -0.215. The number of guanidine groups is 1. The highest BCUT2D eigenvalue weighted by Gasteiger charge is 2.30. The third kappa shape index (κ3) is 6.07. The van der Waals surface area contributed by atoms with E-state index < -0.39 is 0 Å². The zero-order chi connectivity index (χ0) is 18.4. The van der Waals surface area contributed by atoms with Gasteiger partial charge in [0, 0.05) is 46.4 Å². The molecule has 0 saturated carbocycles. The van der Waals surface area contributed by atoms with Gasteiger partial charge in [0.05, 0.1) is 0 Å². The molecular weight excluding hydrogens is 455 g/mol. The number of nitrogens with one attached hydrogen (secondary N) is 1. The van der Waals surface area contributed by atoms with Crippen molar-refractivity contribution in [1.82, 2.24) is 15.1 Å². The molecule has 6 nitrogen and oxygen atoms in total. The number of amides is 1. The van der Waals surface area contributed by atoms with E-state index in [4.69, 9.17) is 4.74 Å². The Balaban J connectivity index is 0.00000261. The Hall–Kier alpha value is -1.35. The van der Waals surface area contributed by atoms with Crippen molar-refractivity contribution in [1.29, 1.82) is 0 Å². The van der Waals surface area contributed by atoms with Crippen LogP contribution in [0.1, 0.15) is 24.0 Å². The van der Waals surface area contributed by atoms with Gasteiger partial charge in [-0.3, -0.25) is 9.79 Å². The van der Waals surface area contributed by atoms with Crippen molar-refractivity contribution in [2.75, 3.05) is 46.4 Å². The molecule has 7 heteroatoms. The highest BCUT2D eigenvalue weighted by molar-refractivity contribution is 14.0. The van der Waals surface area contributed by atoms with Gasteiger partial charge in [-0.15, -0.1) is 24.0 Å². The lowest BCUT2D eigenvalue weighted by atomic mass is 10.1. The summed E-state index contributed by atoms with van der Waals surface area (Å²) in [5.74, 6) is 1.08. The van der Waals surface area contributed by atoms with Crippen LogP contribution in [-0.4, -0.2) is 74.1 Å². The van der Waals surface area contributed by atoms with Gasteiger partial charge in [-0.1, -0.05) is 29.8 Å². The second kappa shape index (κ2) is 10.8. The lowest BCUT2D eigenvalue weighted by Crippen LogP contribution is -2.55. The van der Waals surface area contributed by atoms with Gasteiger partial charge in [0.15, 0.2) is 5.96 Å². The SMILES string of the molecule is CN=C(NCCc1cccc(C)c1)N1CCN(C(=O)C2CCCO2)CC1.I. The van der Waals surface area contributed by atoms with Crippen LogP contribution in [-0.2, 0) is 16.0 Å². The van der Waals surface area contributed by atoms with Crippen LogP contribution in [0.2, 0.25) is 0 Å². The van der Waals surface area contributed by atoms with Crippen LogP contribution in [0, 0.1) is 6.92 Å². The summed E-state index contributed by atoms with van der Waals surface area (Å²) in [5, 5.41) is 3.45. The molecule has 0 bridgehead atoms. The number of hydrogen-bond donors (Lipinski definition) is 1. The van der Waals surface area contributed by atoms with E-state index in [-0.39, 0.29) is 36.0 Å². The maximum Gasteiger partial charge on any atom is 0.251 e. The average molecular weight is 486 g/mol. The van der Waals surface area contributed by atoms with Gasteiger partial charge < -0.3 is 19.9 Å². The first-order valence-corrected chi connectivity index (χ1v) is 9.59. The van der Waals surface area contributed by atoms with E-state index in [1.165, 1.54) is 11.1 Å². The number of benzene rings is 1. The summed E-state index contributed by atoms with van der Waals surface area (Å²) in [6.07, 6.45) is 2.61. The topological polar surface area (TPSA) is 57.2 Å². The van der Waals surface area contributed by atoms with E-state index in [2.05, 4.69) is 46.4 Å². The van der Waals surface area contributed by atoms with Crippen molar-refractivity contribution >= 4 is 35.8 Å². The Labute approximate surface area is 179 Å². The lowest BCUT2D eigenvalue weighted by molar-refractivity contribution is -0.142. The molecule has 0 spiro atoms. The smallest absolute Gasteiger partial charge is 0.251 e. The van der Waals surface area contributed by atoms with Crippen molar-refractivity contribution in [3.63, 3.8) is 0 Å². The maximum atomic E-state index is 12.4. The van der Waals surface area contributed by atoms with Crippen molar-refractivity contribution in [2.45, 2.75) is 32.3 Å². The van der Waals surface area contributed by atoms with Gasteiger partial charge in [0.1, 0.15) is 6.10 Å². The Morgan fingerprint density at radius 3 is 2.63 bits per heavy atom. The van der Waals surface area contributed by atoms with E-state index in [0.29, 0.717) is 6.61 Å². The summed E-state index contributed by atoms with van der Waals surface area (Å²) >= 11 is 0. The minimum absolute atomic E-state index is 0. The predicted molar refractivity (Wildman–Crippen MR) is 119 cm³/mol. The zero-order valence-corrected chi connectivity index (χ0v) is 18.6. The fourth-order valence-corrected chi connectivity index (χ4v) is 3.63. The molecule has 2 aliphatic rings. The van der Waals surface area contributed by atoms with Crippen LogP contribution in [0.3, 0.4) is 0 Å². The highest BCUT2D eigenvalue weighted by atomic mass is 127. The summed E-state index contributed by atoms with van der Waals surface area (Å²) < 4.78 is 5.53. The molecule has 0 aromatic heterocycles. The summed E-state index contributed by atoms with van der Waals surface area (Å²) in [7, 11) is 1.82. The summed E-state index contributed by atoms with van der Waals surface area (Å²) in [6.45, 7) is 6.77. The molecule has 3 rings (SSSR count). The molecule has 1 atom stereocenters. The lowest BCUT2D eigenvalue weighted by Gasteiger charge is -2.37. The zero-order valence-electron chi connectivity index (χ0n) is 16.3. The number of piperazine rings is 1. The van der Waals surface area contributed by atoms with Crippen LogP contribution >= 0.6 is 24.0 Å². The number of nitrogens with zero attached hydrogens (tertiary/aromatic N) is 3. The number of halogens is 1. The molecule has 2 heterocycles. The van der Waals surface area contributed by atoms with Crippen LogP contribution in [0.25, 0.3) is 0 Å². The Morgan fingerprint density at radius 1 is 1.26 bits per heavy atom. The molecule has 0 radical (unpaired) electrons. The second-order valence-corrected chi connectivity index (χ2v) is 7.03. The average Bonchev–Trinajstić information content (AvgIpc) is 3.20. The van der Waals surface area contributed by atoms with Crippen LogP contribution in [0.15, 0.2) is 29.3 Å². The van der Waals surface area contributed by atoms with Crippen molar-refractivity contribution < 1.29 is 9.53 Å². The molecule has 2 fully saturated rings. The fraction of sp³-hybridized carbons (Fsp3) is 0.600. The van der Waals surface area contributed by atoms with E-state index in [9.17, 15) is 4.79 Å². The van der Waals surface area contributed by atoms with Crippen molar-refractivity contribution in [3.05, 3.63) is 35.4 Å². The number of ether oxygens (including phenoxy) is 1. The number of aryl methyl sites for hydroxylation is 1. The number of hydrogen-bond acceptors (Lipinski definition) is 3. The quantitative estimate of drug-likeness (QED) is 0.402. The molecule has 150 valence electrons. The molecular formula is C20H31IN4O2.